The lowest BCUT2D eigenvalue weighted by Gasteiger charge is -2.29. The van der Waals surface area contributed by atoms with Crippen LogP contribution in [-0.4, -0.2) is 18.2 Å². The monoisotopic (exact) mass is 260 g/mol. The molecule has 0 bridgehead atoms. The number of benzene rings is 1. The zero-order valence-electron chi connectivity index (χ0n) is 11.3. The van der Waals surface area contributed by atoms with Crippen LogP contribution in [0.4, 0.5) is 0 Å². The van der Waals surface area contributed by atoms with Gasteiger partial charge in [-0.1, -0.05) is 12.1 Å². The van der Waals surface area contributed by atoms with Crippen molar-refractivity contribution in [2.45, 2.75) is 38.0 Å². The van der Waals surface area contributed by atoms with Gasteiger partial charge in [0.1, 0.15) is 5.75 Å². The number of carbonyl (C=O) groups is 1. The highest BCUT2D eigenvalue weighted by molar-refractivity contribution is 5.76. The average molecular weight is 260 g/mol. The van der Waals surface area contributed by atoms with E-state index in [1.54, 1.807) is 12.1 Å². The summed E-state index contributed by atoms with van der Waals surface area (Å²) >= 11 is 0. The quantitative estimate of drug-likeness (QED) is 0.830. The van der Waals surface area contributed by atoms with Crippen LogP contribution in [0.3, 0.4) is 0 Å². The van der Waals surface area contributed by atoms with Crippen LogP contribution in [0.25, 0.3) is 0 Å². The van der Waals surface area contributed by atoms with Gasteiger partial charge in [0.05, 0.1) is 13.0 Å². The van der Waals surface area contributed by atoms with Crippen molar-refractivity contribution in [3.05, 3.63) is 29.8 Å². The van der Waals surface area contributed by atoms with E-state index in [4.69, 9.17) is 4.74 Å². The van der Waals surface area contributed by atoms with Crippen LogP contribution in [0.1, 0.15) is 43.6 Å². The summed E-state index contributed by atoms with van der Waals surface area (Å²) in [4.78, 5) is 11.6. The number of hydrogen-bond acceptors (Lipinski definition) is 3. The summed E-state index contributed by atoms with van der Waals surface area (Å²) in [6.07, 6.45) is 5.54. The van der Waals surface area contributed by atoms with E-state index in [9.17, 15) is 9.90 Å². The van der Waals surface area contributed by atoms with E-state index in [1.807, 2.05) is 12.1 Å². The molecule has 0 aliphatic heterocycles. The molecule has 1 N–H and O–H groups in total. The fourth-order valence-corrected chi connectivity index (χ4v) is 3.65. The number of ether oxygens (including phenoxy) is 1. The molecule has 3 rings (SSSR count). The van der Waals surface area contributed by atoms with Crippen molar-refractivity contribution in [1.29, 1.82) is 0 Å². The van der Waals surface area contributed by atoms with E-state index in [-0.39, 0.29) is 17.3 Å². The van der Waals surface area contributed by atoms with Crippen LogP contribution in [0.15, 0.2) is 24.3 Å². The molecule has 2 aliphatic rings. The van der Waals surface area contributed by atoms with Crippen LogP contribution >= 0.6 is 0 Å². The van der Waals surface area contributed by atoms with Gasteiger partial charge in [0.25, 0.3) is 0 Å². The van der Waals surface area contributed by atoms with Gasteiger partial charge in [-0.05, 0) is 61.1 Å². The molecule has 1 atom stereocenters. The molecule has 1 aromatic carbocycles. The standard InChI is InChI=1S/C16H20O3/c1-19-15(18)14-10-16(14)8-6-12(7-9-16)11-2-4-13(17)5-3-11/h2-5,12,14,17H,6-10H2,1H3. The summed E-state index contributed by atoms with van der Waals surface area (Å²) < 4.78 is 4.86. The minimum atomic E-state index is -0.0249. The summed E-state index contributed by atoms with van der Waals surface area (Å²) in [6, 6.07) is 7.55. The number of aromatic hydroxyl groups is 1. The number of methoxy groups -OCH3 is 1. The summed E-state index contributed by atoms with van der Waals surface area (Å²) in [5, 5.41) is 9.32. The Morgan fingerprint density at radius 1 is 1.26 bits per heavy atom. The molecule has 3 heteroatoms. The Kier molecular flexibility index (Phi) is 3.00. The van der Waals surface area contributed by atoms with Crippen molar-refractivity contribution in [1.82, 2.24) is 0 Å². The first kappa shape index (κ1) is 12.5. The highest BCUT2D eigenvalue weighted by atomic mass is 16.5. The van der Waals surface area contributed by atoms with Crippen LogP contribution in [0.2, 0.25) is 0 Å². The predicted molar refractivity (Wildman–Crippen MR) is 71.9 cm³/mol. The largest absolute Gasteiger partial charge is 0.508 e. The van der Waals surface area contributed by atoms with Gasteiger partial charge in [-0.15, -0.1) is 0 Å². The third-order valence-electron chi connectivity index (χ3n) is 5.02. The van der Waals surface area contributed by atoms with Crippen molar-refractivity contribution in [3.8, 4) is 5.75 Å². The zero-order valence-corrected chi connectivity index (χ0v) is 11.3. The lowest BCUT2D eigenvalue weighted by molar-refractivity contribution is -0.143. The predicted octanol–water partition coefficient (Wildman–Crippen LogP) is 3.23. The molecule has 1 unspecified atom stereocenters. The van der Waals surface area contributed by atoms with E-state index in [2.05, 4.69) is 0 Å². The summed E-state index contributed by atoms with van der Waals surface area (Å²) in [7, 11) is 1.48. The Bertz CT molecular complexity index is 469. The molecule has 0 aromatic heterocycles. The van der Waals surface area contributed by atoms with Gasteiger partial charge < -0.3 is 9.84 Å². The third-order valence-corrected chi connectivity index (χ3v) is 5.02. The SMILES string of the molecule is COC(=O)C1CC12CCC(c1ccc(O)cc1)CC2. The van der Waals surface area contributed by atoms with E-state index in [0.717, 1.165) is 32.1 Å². The molecule has 1 aromatic rings. The maximum absolute atomic E-state index is 11.6. The third kappa shape index (κ3) is 2.22. The summed E-state index contributed by atoms with van der Waals surface area (Å²) in [6.45, 7) is 0. The lowest BCUT2D eigenvalue weighted by atomic mass is 9.76. The second kappa shape index (κ2) is 4.55. The van der Waals surface area contributed by atoms with Crippen LogP contribution < -0.4 is 0 Å². The number of rotatable bonds is 2. The number of phenols is 1. The molecule has 2 aliphatic carbocycles. The van der Waals surface area contributed by atoms with E-state index < -0.39 is 0 Å². The van der Waals surface area contributed by atoms with Crippen molar-refractivity contribution in [2.75, 3.05) is 7.11 Å². The van der Waals surface area contributed by atoms with Crippen molar-refractivity contribution in [3.63, 3.8) is 0 Å². The van der Waals surface area contributed by atoms with Crippen LogP contribution in [0, 0.1) is 11.3 Å². The second-order valence-corrected chi connectivity index (χ2v) is 6.01. The molecule has 0 heterocycles. The molecule has 0 amide bonds. The van der Waals surface area contributed by atoms with Gasteiger partial charge in [-0.3, -0.25) is 4.79 Å². The first-order valence-electron chi connectivity index (χ1n) is 7.01. The van der Waals surface area contributed by atoms with Gasteiger partial charge in [0.2, 0.25) is 0 Å². The van der Waals surface area contributed by atoms with Gasteiger partial charge in [-0.25, -0.2) is 0 Å². The van der Waals surface area contributed by atoms with Gasteiger partial charge in [-0.2, -0.15) is 0 Å². The Morgan fingerprint density at radius 3 is 2.47 bits per heavy atom. The fourth-order valence-electron chi connectivity index (χ4n) is 3.65. The maximum atomic E-state index is 11.6. The topological polar surface area (TPSA) is 46.5 Å². The minimum absolute atomic E-state index is 0.0249. The highest BCUT2D eigenvalue weighted by Crippen LogP contribution is 2.63. The number of hydrogen-bond donors (Lipinski definition) is 1. The molecule has 3 nitrogen and oxygen atoms in total. The van der Waals surface area contributed by atoms with Crippen LogP contribution in [0.5, 0.6) is 5.75 Å². The zero-order chi connectivity index (χ0) is 13.5. The average Bonchev–Trinajstić information content (AvgIpc) is 3.14. The Labute approximate surface area is 113 Å². The van der Waals surface area contributed by atoms with Crippen molar-refractivity contribution >= 4 is 5.97 Å². The van der Waals surface area contributed by atoms with Crippen molar-refractivity contribution < 1.29 is 14.6 Å². The Hall–Kier alpha value is -1.51. The van der Waals surface area contributed by atoms with Gasteiger partial charge >= 0.3 is 5.97 Å². The van der Waals surface area contributed by atoms with E-state index >= 15 is 0 Å². The molecule has 2 fully saturated rings. The first-order valence-corrected chi connectivity index (χ1v) is 7.01. The smallest absolute Gasteiger partial charge is 0.309 e. The Balaban J connectivity index is 1.62. The van der Waals surface area contributed by atoms with Gasteiger partial charge in [0, 0.05) is 0 Å². The van der Waals surface area contributed by atoms with E-state index in [1.165, 1.54) is 12.7 Å². The van der Waals surface area contributed by atoms with E-state index in [0.29, 0.717) is 11.7 Å². The molecule has 0 radical (unpaired) electrons. The molecular weight excluding hydrogens is 240 g/mol. The molecule has 0 saturated heterocycles. The number of phenolic OH excluding ortho intramolecular Hbond substituents is 1. The maximum Gasteiger partial charge on any atom is 0.309 e. The lowest BCUT2D eigenvalue weighted by Crippen LogP contribution is -2.19. The molecule has 19 heavy (non-hydrogen) atoms. The molecule has 102 valence electrons. The molecule has 1 spiro atoms. The number of carbonyl (C=O) groups excluding carboxylic acids is 1. The molecular formula is C16H20O3. The van der Waals surface area contributed by atoms with Crippen molar-refractivity contribution in [2.24, 2.45) is 11.3 Å². The summed E-state index contributed by atoms with van der Waals surface area (Å²) in [5.41, 5.74) is 1.56. The normalized spacial score (nSPS) is 33.1. The van der Waals surface area contributed by atoms with Gasteiger partial charge in [0.15, 0.2) is 0 Å². The highest BCUT2D eigenvalue weighted by Gasteiger charge is 2.59. The first-order chi connectivity index (χ1) is 9.14. The minimum Gasteiger partial charge on any atom is -0.508 e. The summed E-state index contributed by atoms with van der Waals surface area (Å²) in [5.74, 6) is 1.02. The molecule has 2 saturated carbocycles. The van der Waals surface area contributed by atoms with Crippen LogP contribution in [-0.2, 0) is 9.53 Å². The second-order valence-electron chi connectivity index (χ2n) is 6.01. The number of esters is 1. The Morgan fingerprint density at radius 2 is 1.89 bits per heavy atom. The fraction of sp³-hybridized carbons (Fsp3) is 0.562.